The van der Waals surface area contributed by atoms with Crippen molar-refractivity contribution in [3.05, 3.63) is 17.0 Å². The molecule has 1 atom stereocenters. The van der Waals surface area contributed by atoms with Crippen LogP contribution in [0, 0.1) is 5.92 Å². The average molecular weight is 258 g/mol. The second-order valence-electron chi connectivity index (χ2n) is 4.01. The van der Waals surface area contributed by atoms with Crippen LogP contribution in [0.4, 0.5) is 5.82 Å². The first kappa shape index (κ1) is 14.2. The lowest BCUT2D eigenvalue weighted by Crippen LogP contribution is -2.16. The molecule has 0 aliphatic rings. The molecule has 1 rings (SSSR count). The molecule has 0 bridgehead atoms. The number of aliphatic hydroxyl groups excluding tert-OH is 1. The number of rotatable bonds is 7. The quantitative estimate of drug-likeness (QED) is 0.737. The van der Waals surface area contributed by atoms with E-state index in [1.54, 1.807) is 6.07 Å². The summed E-state index contributed by atoms with van der Waals surface area (Å²) in [4.78, 5) is 8.46. The van der Waals surface area contributed by atoms with Gasteiger partial charge in [0, 0.05) is 25.6 Å². The van der Waals surface area contributed by atoms with Crippen LogP contribution in [-0.4, -0.2) is 28.2 Å². The Hall–Kier alpha value is -0.870. The normalized spacial score (nSPS) is 12.5. The summed E-state index contributed by atoms with van der Waals surface area (Å²) in [5.41, 5.74) is 0. The maximum atomic E-state index is 8.92. The number of anilines is 1. The molecule has 0 fully saturated rings. The molecule has 0 aliphatic carbocycles. The summed E-state index contributed by atoms with van der Waals surface area (Å²) in [6.45, 7) is 5.14. The lowest BCUT2D eigenvalue weighted by atomic mass is 10.0. The third kappa shape index (κ3) is 4.88. The van der Waals surface area contributed by atoms with E-state index in [0.29, 0.717) is 11.1 Å². The largest absolute Gasteiger partial charge is 0.396 e. The van der Waals surface area contributed by atoms with Crippen molar-refractivity contribution >= 4 is 17.4 Å². The van der Waals surface area contributed by atoms with Crippen LogP contribution in [0.15, 0.2) is 6.07 Å². The number of aryl methyl sites for hydroxylation is 1. The minimum atomic E-state index is 0.227. The molecule has 0 aliphatic heterocycles. The van der Waals surface area contributed by atoms with Crippen LogP contribution < -0.4 is 5.32 Å². The summed E-state index contributed by atoms with van der Waals surface area (Å²) in [6.07, 6.45) is 2.61. The fourth-order valence-electron chi connectivity index (χ4n) is 1.60. The summed E-state index contributed by atoms with van der Waals surface area (Å²) >= 11 is 5.91. The minimum Gasteiger partial charge on any atom is -0.396 e. The van der Waals surface area contributed by atoms with Crippen LogP contribution in [0.2, 0.25) is 5.15 Å². The molecule has 0 aromatic carbocycles. The molecule has 2 N–H and O–H groups in total. The van der Waals surface area contributed by atoms with E-state index in [-0.39, 0.29) is 6.61 Å². The van der Waals surface area contributed by atoms with Crippen molar-refractivity contribution in [2.24, 2.45) is 5.92 Å². The zero-order valence-corrected chi connectivity index (χ0v) is 11.2. The Kier molecular flexibility index (Phi) is 6.22. The van der Waals surface area contributed by atoms with E-state index in [4.69, 9.17) is 16.7 Å². The van der Waals surface area contributed by atoms with Crippen molar-refractivity contribution in [2.45, 2.75) is 33.1 Å². The standard InChI is InChI=1S/C12H20ClN3O/c1-3-9(5-6-17)8-14-12-7-10(13)15-11(4-2)16-12/h7,9,17H,3-6,8H2,1-2H3,(H,14,15,16). The molecule has 17 heavy (non-hydrogen) atoms. The molecule has 0 saturated heterocycles. The molecule has 0 saturated carbocycles. The molecule has 1 aromatic rings. The topological polar surface area (TPSA) is 58.0 Å². The van der Waals surface area contributed by atoms with Gasteiger partial charge in [-0.25, -0.2) is 9.97 Å². The van der Waals surface area contributed by atoms with Crippen LogP contribution >= 0.6 is 11.6 Å². The SMILES string of the molecule is CCc1nc(Cl)cc(NCC(CC)CCO)n1. The molecule has 96 valence electrons. The number of aromatic nitrogens is 2. The van der Waals surface area contributed by atoms with Gasteiger partial charge in [-0.1, -0.05) is 31.9 Å². The second-order valence-corrected chi connectivity index (χ2v) is 4.40. The number of hydrogen-bond donors (Lipinski definition) is 2. The van der Waals surface area contributed by atoms with Crippen molar-refractivity contribution in [3.63, 3.8) is 0 Å². The van der Waals surface area contributed by atoms with Crippen LogP contribution in [0.5, 0.6) is 0 Å². The van der Waals surface area contributed by atoms with Gasteiger partial charge in [-0.05, 0) is 12.3 Å². The maximum absolute atomic E-state index is 8.92. The van der Waals surface area contributed by atoms with E-state index in [1.807, 2.05) is 6.92 Å². The molecule has 4 nitrogen and oxygen atoms in total. The zero-order valence-electron chi connectivity index (χ0n) is 10.4. The highest BCUT2D eigenvalue weighted by Crippen LogP contribution is 2.14. The highest BCUT2D eigenvalue weighted by atomic mass is 35.5. The highest BCUT2D eigenvalue weighted by Gasteiger charge is 2.07. The van der Waals surface area contributed by atoms with Gasteiger partial charge in [0.05, 0.1) is 0 Å². The van der Waals surface area contributed by atoms with Crippen molar-refractivity contribution in [3.8, 4) is 0 Å². The third-order valence-corrected chi connectivity index (χ3v) is 2.94. The zero-order chi connectivity index (χ0) is 12.7. The van der Waals surface area contributed by atoms with Gasteiger partial charge in [0.25, 0.3) is 0 Å². The summed E-state index contributed by atoms with van der Waals surface area (Å²) in [5.74, 6) is 1.97. The Balaban J connectivity index is 2.58. The Labute approximate surface area is 107 Å². The average Bonchev–Trinajstić information content (AvgIpc) is 2.33. The van der Waals surface area contributed by atoms with Crippen LogP contribution in [0.25, 0.3) is 0 Å². The number of aliphatic hydroxyl groups is 1. The van der Waals surface area contributed by atoms with Crippen LogP contribution in [0.1, 0.15) is 32.5 Å². The van der Waals surface area contributed by atoms with Crippen molar-refractivity contribution in [2.75, 3.05) is 18.5 Å². The lowest BCUT2D eigenvalue weighted by molar-refractivity contribution is 0.258. The molecule has 5 heteroatoms. The van der Waals surface area contributed by atoms with Crippen molar-refractivity contribution in [1.82, 2.24) is 9.97 Å². The molecule has 0 radical (unpaired) electrons. The number of hydrogen-bond acceptors (Lipinski definition) is 4. The maximum Gasteiger partial charge on any atom is 0.134 e. The van der Waals surface area contributed by atoms with Gasteiger partial charge in [0.15, 0.2) is 0 Å². The number of nitrogens with one attached hydrogen (secondary N) is 1. The Morgan fingerprint density at radius 2 is 2.18 bits per heavy atom. The number of nitrogens with zero attached hydrogens (tertiary/aromatic N) is 2. The third-order valence-electron chi connectivity index (χ3n) is 2.74. The molecule has 1 heterocycles. The predicted octanol–water partition coefficient (Wildman–Crippen LogP) is 2.51. The minimum absolute atomic E-state index is 0.227. The Morgan fingerprint density at radius 3 is 2.76 bits per heavy atom. The molecule has 1 unspecified atom stereocenters. The first-order valence-electron chi connectivity index (χ1n) is 6.07. The van der Waals surface area contributed by atoms with E-state index in [2.05, 4.69) is 22.2 Å². The van der Waals surface area contributed by atoms with Gasteiger partial charge in [0.1, 0.15) is 16.8 Å². The van der Waals surface area contributed by atoms with Gasteiger partial charge in [0.2, 0.25) is 0 Å². The molecular weight excluding hydrogens is 238 g/mol. The first-order chi connectivity index (χ1) is 8.19. The van der Waals surface area contributed by atoms with E-state index in [1.165, 1.54) is 0 Å². The van der Waals surface area contributed by atoms with Crippen molar-refractivity contribution in [1.29, 1.82) is 0 Å². The van der Waals surface area contributed by atoms with E-state index >= 15 is 0 Å². The van der Waals surface area contributed by atoms with Crippen molar-refractivity contribution < 1.29 is 5.11 Å². The van der Waals surface area contributed by atoms with Crippen LogP contribution in [-0.2, 0) is 6.42 Å². The summed E-state index contributed by atoms with van der Waals surface area (Å²) in [7, 11) is 0. The summed E-state index contributed by atoms with van der Waals surface area (Å²) in [5, 5.41) is 12.6. The van der Waals surface area contributed by atoms with Gasteiger partial charge in [-0.2, -0.15) is 0 Å². The number of halogens is 1. The highest BCUT2D eigenvalue weighted by molar-refractivity contribution is 6.29. The molecule has 0 spiro atoms. The van der Waals surface area contributed by atoms with E-state index < -0.39 is 0 Å². The molecule has 1 aromatic heterocycles. The van der Waals surface area contributed by atoms with E-state index in [0.717, 1.165) is 37.4 Å². The second kappa shape index (κ2) is 7.45. The van der Waals surface area contributed by atoms with Gasteiger partial charge in [-0.3, -0.25) is 0 Å². The van der Waals surface area contributed by atoms with Gasteiger partial charge in [-0.15, -0.1) is 0 Å². The predicted molar refractivity (Wildman–Crippen MR) is 70.4 cm³/mol. The Morgan fingerprint density at radius 1 is 1.41 bits per heavy atom. The lowest BCUT2D eigenvalue weighted by Gasteiger charge is -2.15. The molecular formula is C12H20ClN3O. The van der Waals surface area contributed by atoms with Gasteiger partial charge < -0.3 is 10.4 Å². The molecule has 0 amide bonds. The summed E-state index contributed by atoms with van der Waals surface area (Å²) in [6, 6.07) is 1.73. The monoisotopic (exact) mass is 257 g/mol. The van der Waals surface area contributed by atoms with Crippen LogP contribution in [0.3, 0.4) is 0 Å². The first-order valence-corrected chi connectivity index (χ1v) is 6.45. The smallest absolute Gasteiger partial charge is 0.134 e. The summed E-state index contributed by atoms with van der Waals surface area (Å²) < 4.78 is 0. The van der Waals surface area contributed by atoms with E-state index in [9.17, 15) is 0 Å². The van der Waals surface area contributed by atoms with Gasteiger partial charge >= 0.3 is 0 Å². The fraction of sp³-hybridized carbons (Fsp3) is 0.667. The fourth-order valence-corrected chi connectivity index (χ4v) is 1.80. The Bertz CT molecular complexity index is 347.